The van der Waals surface area contributed by atoms with Crippen LogP contribution in [0.4, 0.5) is 5.82 Å². The fraction of sp³-hybridized carbons (Fsp3) is 0.438. The third-order valence-electron chi connectivity index (χ3n) is 3.74. The Morgan fingerprint density at radius 3 is 2.79 bits per heavy atom. The van der Waals surface area contributed by atoms with Crippen molar-refractivity contribution in [1.82, 2.24) is 10.3 Å². The number of benzene rings is 1. The molecule has 1 aromatic heterocycles. The molecule has 1 aliphatic rings. The number of rotatable bonds is 4. The molecule has 1 saturated heterocycles. The summed E-state index contributed by atoms with van der Waals surface area (Å²) < 4.78 is 0. The first-order valence-corrected chi connectivity index (χ1v) is 7.23. The molecule has 0 bridgehead atoms. The van der Waals surface area contributed by atoms with E-state index in [-0.39, 0.29) is 0 Å². The maximum Gasteiger partial charge on any atom is 0.136 e. The number of hydrogen-bond donors (Lipinski definition) is 1. The van der Waals surface area contributed by atoms with E-state index in [4.69, 9.17) is 4.98 Å². The second-order valence-electron chi connectivity index (χ2n) is 5.13. The summed E-state index contributed by atoms with van der Waals surface area (Å²) in [5, 5.41) is 5.95. The zero-order valence-corrected chi connectivity index (χ0v) is 11.5. The van der Waals surface area contributed by atoms with Gasteiger partial charge in [-0.1, -0.05) is 31.2 Å². The van der Waals surface area contributed by atoms with E-state index >= 15 is 0 Å². The van der Waals surface area contributed by atoms with Gasteiger partial charge in [0.2, 0.25) is 0 Å². The average molecular weight is 255 g/mol. The summed E-state index contributed by atoms with van der Waals surface area (Å²) in [7, 11) is 0. The average Bonchev–Trinajstić information content (AvgIpc) is 2.98. The molecule has 100 valence electrons. The van der Waals surface area contributed by atoms with Crippen molar-refractivity contribution in [1.29, 1.82) is 0 Å². The van der Waals surface area contributed by atoms with Crippen molar-refractivity contribution in [2.75, 3.05) is 24.5 Å². The number of nitrogens with one attached hydrogen (secondary N) is 1. The Kier molecular flexibility index (Phi) is 3.65. The van der Waals surface area contributed by atoms with Gasteiger partial charge in [0, 0.05) is 25.0 Å². The highest BCUT2D eigenvalue weighted by Crippen LogP contribution is 2.28. The number of aromatic nitrogens is 1. The molecule has 0 atom stereocenters. The van der Waals surface area contributed by atoms with Crippen molar-refractivity contribution in [3.05, 3.63) is 36.0 Å². The molecule has 3 nitrogen and oxygen atoms in total. The minimum Gasteiger partial charge on any atom is -0.356 e. The minimum absolute atomic E-state index is 0.849. The molecule has 2 heterocycles. The highest BCUT2D eigenvalue weighted by molar-refractivity contribution is 5.92. The zero-order valence-electron chi connectivity index (χ0n) is 11.5. The van der Waals surface area contributed by atoms with Gasteiger partial charge in [-0.05, 0) is 30.8 Å². The van der Waals surface area contributed by atoms with Gasteiger partial charge in [0.25, 0.3) is 0 Å². The van der Waals surface area contributed by atoms with Gasteiger partial charge >= 0.3 is 0 Å². The van der Waals surface area contributed by atoms with Gasteiger partial charge in [0.1, 0.15) is 5.82 Å². The molecule has 1 aliphatic heterocycles. The Morgan fingerprint density at radius 2 is 2.00 bits per heavy atom. The van der Waals surface area contributed by atoms with Crippen LogP contribution >= 0.6 is 0 Å². The zero-order chi connectivity index (χ0) is 13.1. The lowest BCUT2D eigenvalue weighted by molar-refractivity contribution is 0.710. The van der Waals surface area contributed by atoms with Crippen LogP contribution in [0.2, 0.25) is 0 Å². The van der Waals surface area contributed by atoms with Gasteiger partial charge in [0.15, 0.2) is 0 Å². The predicted octanol–water partition coefficient (Wildman–Crippen LogP) is 2.94. The first-order chi connectivity index (χ1) is 9.38. The lowest BCUT2D eigenvalue weighted by atomic mass is 10.1. The van der Waals surface area contributed by atoms with Crippen LogP contribution in [0.15, 0.2) is 30.3 Å². The van der Waals surface area contributed by atoms with E-state index in [0.717, 1.165) is 31.9 Å². The summed E-state index contributed by atoms with van der Waals surface area (Å²) in [6.07, 6.45) is 2.57. The van der Waals surface area contributed by atoms with Crippen LogP contribution < -0.4 is 10.2 Å². The van der Waals surface area contributed by atoms with E-state index in [0.29, 0.717) is 0 Å². The molecule has 1 aromatic carbocycles. The third-order valence-corrected chi connectivity index (χ3v) is 3.74. The lowest BCUT2D eigenvalue weighted by Gasteiger charge is -2.20. The number of hydrogen-bond acceptors (Lipinski definition) is 3. The summed E-state index contributed by atoms with van der Waals surface area (Å²) in [6.45, 7) is 6.24. The highest BCUT2D eigenvalue weighted by Gasteiger charge is 2.16. The van der Waals surface area contributed by atoms with Crippen LogP contribution in [0.3, 0.4) is 0 Å². The summed E-state index contributed by atoms with van der Waals surface area (Å²) in [4.78, 5) is 7.31. The minimum atomic E-state index is 0.849. The summed E-state index contributed by atoms with van der Waals surface area (Å²) >= 11 is 0. The van der Waals surface area contributed by atoms with Crippen LogP contribution in [-0.4, -0.2) is 24.6 Å². The molecule has 0 amide bonds. The highest BCUT2D eigenvalue weighted by atomic mass is 15.2. The second-order valence-corrected chi connectivity index (χ2v) is 5.13. The van der Waals surface area contributed by atoms with Gasteiger partial charge in [-0.25, -0.2) is 4.98 Å². The monoisotopic (exact) mass is 255 g/mol. The van der Waals surface area contributed by atoms with Gasteiger partial charge < -0.3 is 10.2 Å². The standard InChI is InChI=1S/C16H21N3/c1-2-17-12-14-11-13-7-3-4-8-15(13)16(18-14)19-9-5-6-10-19/h3-4,7-8,11,17H,2,5-6,9-10,12H2,1H3. The third kappa shape index (κ3) is 2.56. The fourth-order valence-electron chi connectivity index (χ4n) is 2.75. The predicted molar refractivity (Wildman–Crippen MR) is 80.6 cm³/mol. The van der Waals surface area contributed by atoms with E-state index in [9.17, 15) is 0 Å². The van der Waals surface area contributed by atoms with Gasteiger partial charge in [-0.3, -0.25) is 0 Å². The van der Waals surface area contributed by atoms with Crippen LogP contribution in [0, 0.1) is 0 Å². The van der Waals surface area contributed by atoms with Gasteiger partial charge in [-0.15, -0.1) is 0 Å². The Balaban J connectivity index is 2.05. The van der Waals surface area contributed by atoms with E-state index in [2.05, 4.69) is 47.5 Å². The van der Waals surface area contributed by atoms with E-state index in [1.807, 2.05) is 0 Å². The quantitative estimate of drug-likeness (QED) is 0.910. The largest absolute Gasteiger partial charge is 0.356 e. The summed E-state index contributed by atoms with van der Waals surface area (Å²) in [5.74, 6) is 1.17. The molecule has 3 heteroatoms. The summed E-state index contributed by atoms with van der Waals surface area (Å²) in [6, 6.07) is 10.8. The number of fused-ring (bicyclic) bond motifs is 1. The molecule has 0 unspecified atom stereocenters. The Bertz CT molecular complexity index is 559. The molecule has 19 heavy (non-hydrogen) atoms. The molecular formula is C16H21N3. The van der Waals surface area contributed by atoms with Crippen molar-refractivity contribution in [3.8, 4) is 0 Å². The van der Waals surface area contributed by atoms with Crippen molar-refractivity contribution >= 4 is 16.6 Å². The van der Waals surface area contributed by atoms with Crippen molar-refractivity contribution in [2.45, 2.75) is 26.3 Å². The van der Waals surface area contributed by atoms with Crippen LogP contribution in [0.5, 0.6) is 0 Å². The second kappa shape index (κ2) is 5.57. The molecule has 3 rings (SSSR count). The van der Waals surface area contributed by atoms with Gasteiger partial charge in [0.05, 0.1) is 5.69 Å². The van der Waals surface area contributed by atoms with Crippen molar-refractivity contribution < 1.29 is 0 Å². The van der Waals surface area contributed by atoms with E-state index in [1.54, 1.807) is 0 Å². The Morgan fingerprint density at radius 1 is 1.21 bits per heavy atom. The normalized spacial score (nSPS) is 15.3. The van der Waals surface area contributed by atoms with Crippen LogP contribution in [0.25, 0.3) is 10.8 Å². The fourth-order valence-corrected chi connectivity index (χ4v) is 2.75. The first-order valence-electron chi connectivity index (χ1n) is 7.23. The maximum atomic E-state index is 4.88. The molecule has 1 fully saturated rings. The molecule has 0 saturated carbocycles. The topological polar surface area (TPSA) is 28.2 Å². The number of pyridine rings is 1. The van der Waals surface area contributed by atoms with E-state index in [1.165, 1.54) is 29.4 Å². The molecule has 1 N–H and O–H groups in total. The number of anilines is 1. The molecule has 0 spiro atoms. The SMILES string of the molecule is CCNCc1cc2ccccc2c(N2CCCC2)n1. The molecule has 0 aliphatic carbocycles. The lowest BCUT2D eigenvalue weighted by Crippen LogP contribution is -2.21. The van der Waals surface area contributed by atoms with Crippen molar-refractivity contribution in [2.24, 2.45) is 0 Å². The smallest absolute Gasteiger partial charge is 0.136 e. The van der Waals surface area contributed by atoms with Crippen molar-refractivity contribution in [3.63, 3.8) is 0 Å². The van der Waals surface area contributed by atoms with E-state index < -0.39 is 0 Å². The molecule has 0 radical (unpaired) electrons. The Hall–Kier alpha value is -1.61. The first kappa shape index (κ1) is 12.4. The summed E-state index contributed by atoms with van der Waals surface area (Å²) in [5.41, 5.74) is 1.14. The van der Waals surface area contributed by atoms with Crippen LogP contribution in [0.1, 0.15) is 25.5 Å². The molecule has 2 aromatic rings. The maximum absolute atomic E-state index is 4.88. The van der Waals surface area contributed by atoms with Gasteiger partial charge in [-0.2, -0.15) is 0 Å². The number of nitrogens with zero attached hydrogens (tertiary/aromatic N) is 2. The van der Waals surface area contributed by atoms with Crippen LogP contribution in [-0.2, 0) is 6.54 Å². The Labute approximate surface area is 114 Å². The molecular weight excluding hydrogens is 234 g/mol.